The van der Waals surface area contributed by atoms with Crippen LogP contribution in [0.5, 0.6) is 0 Å². The van der Waals surface area contributed by atoms with E-state index in [0.717, 1.165) is 0 Å². The zero-order valence-electron chi connectivity index (χ0n) is 8.32. The molecular formula is C8H10F3NO4. The Morgan fingerprint density at radius 1 is 1.44 bits per heavy atom. The van der Waals surface area contributed by atoms with Gasteiger partial charge >= 0.3 is 18.1 Å². The Bertz CT molecular complexity index is 304. The van der Waals surface area contributed by atoms with E-state index in [4.69, 9.17) is 9.84 Å². The normalized spacial score (nSPS) is 26.6. The molecular weight excluding hydrogens is 231 g/mol. The second-order valence-corrected chi connectivity index (χ2v) is 3.36. The Labute approximate surface area is 88.8 Å². The van der Waals surface area contributed by atoms with Crippen LogP contribution in [-0.4, -0.2) is 53.4 Å². The highest BCUT2D eigenvalue weighted by atomic mass is 19.4. The number of morpholine rings is 1. The number of aliphatic carboxylic acids is 1. The molecule has 1 N–H and O–H groups in total. The highest BCUT2D eigenvalue weighted by Gasteiger charge is 2.48. The predicted molar refractivity (Wildman–Crippen MR) is 44.6 cm³/mol. The first-order valence-electron chi connectivity index (χ1n) is 4.47. The van der Waals surface area contributed by atoms with Crippen molar-refractivity contribution in [3.8, 4) is 0 Å². The number of halogens is 3. The second-order valence-electron chi connectivity index (χ2n) is 3.36. The minimum absolute atomic E-state index is 0.104. The van der Waals surface area contributed by atoms with Crippen molar-refractivity contribution in [1.82, 2.24) is 4.90 Å². The summed E-state index contributed by atoms with van der Waals surface area (Å²) in [6.07, 6.45) is -6.03. The average molecular weight is 241 g/mol. The summed E-state index contributed by atoms with van der Waals surface area (Å²) in [6.45, 7) is 0.834. The highest BCUT2D eigenvalue weighted by molar-refractivity contribution is 5.87. The quantitative estimate of drug-likeness (QED) is 0.714. The van der Waals surface area contributed by atoms with E-state index in [1.807, 2.05) is 0 Å². The molecule has 0 aromatic carbocycles. The zero-order valence-corrected chi connectivity index (χ0v) is 8.32. The SMILES string of the molecule is C[C@H]1OCCN(C(=O)C(F)(F)F)[C@@H]1C(=O)O. The third-order valence-corrected chi connectivity index (χ3v) is 2.25. The molecule has 5 nitrogen and oxygen atoms in total. The summed E-state index contributed by atoms with van der Waals surface area (Å²) in [6, 6.07) is -1.59. The molecule has 0 spiro atoms. The summed E-state index contributed by atoms with van der Waals surface area (Å²) in [7, 11) is 0. The molecule has 0 saturated carbocycles. The lowest BCUT2D eigenvalue weighted by atomic mass is 10.1. The summed E-state index contributed by atoms with van der Waals surface area (Å²) in [5.41, 5.74) is 0. The van der Waals surface area contributed by atoms with Crippen molar-refractivity contribution in [2.45, 2.75) is 25.2 Å². The van der Waals surface area contributed by atoms with Crippen LogP contribution in [0.25, 0.3) is 0 Å². The van der Waals surface area contributed by atoms with Crippen LogP contribution in [0, 0.1) is 0 Å². The van der Waals surface area contributed by atoms with E-state index >= 15 is 0 Å². The fourth-order valence-electron chi connectivity index (χ4n) is 1.55. The number of ether oxygens (including phenoxy) is 1. The topological polar surface area (TPSA) is 66.8 Å². The van der Waals surface area contributed by atoms with Crippen LogP contribution in [0.4, 0.5) is 13.2 Å². The van der Waals surface area contributed by atoms with Crippen LogP contribution in [-0.2, 0) is 14.3 Å². The number of hydrogen-bond acceptors (Lipinski definition) is 3. The van der Waals surface area contributed by atoms with Crippen molar-refractivity contribution >= 4 is 11.9 Å². The predicted octanol–water partition coefficient (Wildman–Crippen LogP) is 0.249. The molecule has 1 fully saturated rings. The van der Waals surface area contributed by atoms with Crippen molar-refractivity contribution in [2.75, 3.05) is 13.2 Å². The van der Waals surface area contributed by atoms with Gasteiger partial charge in [-0.3, -0.25) is 4.79 Å². The monoisotopic (exact) mass is 241 g/mol. The van der Waals surface area contributed by atoms with Crippen molar-refractivity contribution in [3.63, 3.8) is 0 Å². The molecule has 0 aromatic heterocycles. The van der Waals surface area contributed by atoms with Crippen molar-refractivity contribution in [3.05, 3.63) is 0 Å². The minimum atomic E-state index is -5.06. The molecule has 0 aromatic rings. The second kappa shape index (κ2) is 4.28. The molecule has 16 heavy (non-hydrogen) atoms. The first-order chi connectivity index (χ1) is 7.25. The molecule has 0 radical (unpaired) electrons. The van der Waals surface area contributed by atoms with E-state index in [1.165, 1.54) is 6.92 Å². The number of carboxylic acids is 1. The van der Waals surface area contributed by atoms with E-state index in [1.54, 1.807) is 0 Å². The van der Waals surface area contributed by atoms with Gasteiger partial charge in [-0.25, -0.2) is 4.79 Å². The fraction of sp³-hybridized carbons (Fsp3) is 0.750. The molecule has 1 saturated heterocycles. The number of amides is 1. The van der Waals surface area contributed by atoms with Crippen LogP contribution in [0.15, 0.2) is 0 Å². The Kier molecular flexibility index (Phi) is 3.41. The van der Waals surface area contributed by atoms with E-state index < -0.39 is 30.2 Å². The van der Waals surface area contributed by atoms with Crippen LogP contribution in [0.3, 0.4) is 0 Å². The standard InChI is InChI=1S/C8H10F3NO4/c1-4-5(6(13)14)12(2-3-16-4)7(15)8(9,10)11/h4-5H,2-3H2,1H3,(H,13,14)/t4-,5+/m1/s1. The summed E-state index contributed by atoms with van der Waals surface area (Å²) >= 11 is 0. The summed E-state index contributed by atoms with van der Waals surface area (Å²) in [4.78, 5) is 22.0. The van der Waals surface area contributed by atoms with Crippen LogP contribution in [0.2, 0.25) is 0 Å². The Morgan fingerprint density at radius 3 is 2.44 bits per heavy atom. The van der Waals surface area contributed by atoms with Crippen molar-refractivity contribution in [2.24, 2.45) is 0 Å². The highest BCUT2D eigenvalue weighted by Crippen LogP contribution is 2.23. The Morgan fingerprint density at radius 2 is 2.00 bits per heavy atom. The summed E-state index contributed by atoms with van der Waals surface area (Å²) in [5, 5.41) is 8.75. The maximum Gasteiger partial charge on any atom is 0.471 e. The van der Waals surface area contributed by atoms with Gasteiger partial charge in [0.1, 0.15) is 0 Å². The number of carboxylic acid groups (broad SMARTS) is 1. The largest absolute Gasteiger partial charge is 0.480 e. The number of nitrogens with zero attached hydrogens (tertiary/aromatic N) is 1. The molecule has 1 aliphatic rings. The Balaban J connectivity index is 2.92. The van der Waals surface area contributed by atoms with Gasteiger partial charge in [0, 0.05) is 6.54 Å². The van der Waals surface area contributed by atoms with Gasteiger partial charge in [-0.2, -0.15) is 13.2 Å². The van der Waals surface area contributed by atoms with Gasteiger partial charge < -0.3 is 14.7 Å². The van der Waals surface area contributed by atoms with Crippen LogP contribution in [0.1, 0.15) is 6.92 Å². The molecule has 1 amide bonds. The number of carbonyl (C=O) groups is 2. The lowest BCUT2D eigenvalue weighted by molar-refractivity contribution is -0.199. The molecule has 2 atom stereocenters. The van der Waals surface area contributed by atoms with Gasteiger partial charge in [0.15, 0.2) is 6.04 Å². The number of rotatable bonds is 1. The molecule has 1 aliphatic heterocycles. The van der Waals surface area contributed by atoms with E-state index in [0.29, 0.717) is 0 Å². The average Bonchev–Trinajstić information content (AvgIpc) is 2.14. The van der Waals surface area contributed by atoms with Gasteiger partial charge in [-0.1, -0.05) is 0 Å². The molecule has 1 heterocycles. The number of carbonyl (C=O) groups excluding carboxylic acids is 1. The molecule has 1 rings (SSSR count). The number of alkyl halides is 3. The fourth-order valence-corrected chi connectivity index (χ4v) is 1.55. The lowest BCUT2D eigenvalue weighted by Gasteiger charge is -2.37. The maximum atomic E-state index is 12.2. The van der Waals surface area contributed by atoms with Gasteiger partial charge in [0.25, 0.3) is 0 Å². The lowest BCUT2D eigenvalue weighted by Crippen LogP contribution is -2.59. The summed E-state index contributed by atoms with van der Waals surface area (Å²) < 4.78 is 41.4. The number of hydrogen-bond donors (Lipinski definition) is 1. The van der Waals surface area contributed by atoms with Gasteiger partial charge in [-0.05, 0) is 6.92 Å². The molecule has 92 valence electrons. The first-order valence-corrected chi connectivity index (χ1v) is 4.47. The van der Waals surface area contributed by atoms with Crippen molar-refractivity contribution in [1.29, 1.82) is 0 Å². The zero-order chi connectivity index (χ0) is 12.5. The first kappa shape index (κ1) is 12.8. The van der Waals surface area contributed by atoms with E-state index in [9.17, 15) is 22.8 Å². The van der Waals surface area contributed by atoms with Gasteiger partial charge in [0.05, 0.1) is 12.7 Å². The Hall–Kier alpha value is -1.31. The van der Waals surface area contributed by atoms with E-state index in [2.05, 4.69) is 0 Å². The minimum Gasteiger partial charge on any atom is -0.480 e. The molecule has 0 aliphatic carbocycles. The third kappa shape index (κ3) is 2.43. The summed E-state index contributed by atoms with van der Waals surface area (Å²) in [5.74, 6) is -3.65. The third-order valence-electron chi connectivity index (χ3n) is 2.25. The molecule has 8 heteroatoms. The van der Waals surface area contributed by atoms with Crippen LogP contribution < -0.4 is 0 Å². The molecule has 0 bridgehead atoms. The smallest absolute Gasteiger partial charge is 0.471 e. The van der Waals surface area contributed by atoms with Gasteiger partial charge in [-0.15, -0.1) is 0 Å². The maximum absolute atomic E-state index is 12.2. The van der Waals surface area contributed by atoms with E-state index in [-0.39, 0.29) is 18.1 Å². The van der Waals surface area contributed by atoms with Crippen molar-refractivity contribution < 1.29 is 32.6 Å². The molecule has 0 unspecified atom stereocenters. The van der Waals surface area contributed by atoms with Gasteiger partial charge in [0.2, 0.25) is 0 Å². The van der Waals surface area contributed by atoms with Crippen LogP contribution >= 0.6 is 0 Å².